The van der Waals surface area contributed by atoms with Gasteiger partial charge in [0.1, 0.15) is 0 Å². The molecule has 1 aromatic heterocycles. The van der Waals surface area contributed by atoms with Gasteiger partial charge in [-0.25, -0.2) is 0 Å². The summed E-state index contributed by atoms with van der Waals surface area (Å²) in [6, 6.07) is 2.15. The number of pyridine rings is 1. The van der Waals surface area contributed by atoms with Crippen molar-refractivity contribution in [1.29, 1.82) is 0 Å². The topological polar surface area (TPSA) is 45.2 Å². The van der Waals surface area contributed by atoms with Gasteiger partial charge in [-0.05, 0) is 43.9 Å². The molecule has 0 aliphatic carbocycles. The predicted octanol–water partition coefficient (Wildman–Crippen LogP) is 1.64. The van der Waals surface area contributed by atoms with E-state index in [-0.39, 0.29) is 0 Å². The lowest BCUT2D eigenvalue weighted by Crippen LogP contribution is -2.14. The van der Waals surface area contributed by atoms with Crippen LogP contribution < -0.4 is 5.32 Å². The minimum absolute atomic E-state index is 0.307. The third-order valence-electron chi connectivity index (χ3n) is 2.27. The summed E-state index contributed by atoms with van der Waals surface area (Å²) in [5.74, 6) is 0. The molecule has 0 fully saturated rings. The van der Waals surface area contributed by atoms with Gasteiger partial charge in [-0.1, -0.05) is 6.07 Å². The Hall–Kier alpha value is -0.930. The zero-order valence-electron chi connectivity index (χ0n) is 9.37. The monoisotopic (exact) mass is 208 g/mol. The first-order valence-electron chi connectivity index (χ1n) is 5.55. The Bertz CT molecular complexity index is 276. The van der Waals surface area contributed by atoms with E-state index in [1.807, 2.05) is 12.4 Å². The van der Waals surface area contributed by atoms with Gasteiger partial charge in [-0.15, -0.1) is 0 Å². The van der Waals surface area contributed by atoms with Gasteiger partial charge in [0.25, 0.3) is 0 Å². The Kier molecular flexibility index (Phi) is 5.97. The van der Waals surface area contributed by atoms with E-state index < -0.39 is 0 Å². The third kappa shape index (κ3) is 5.50. The van der Waals surface area contributed by atoms with Gasteiger partial charge in [-0.2, -0.15) is 0 Å². The Morgan fingerprint density at radius 1 is 1.27 bits per heavy atom. The van der Waals surface area contributed by atoms with Crippen LogP contribution in [0, 0.1) is 6.92 Å². The molecule has 1 heterocycles. The Labute approximate surface area is 91.5 Å². The van der Waals surface area contributed by atoms with E-state index in [0.29, 0.717) is 6.61 Å². The molecular weight excluding hydrogens is 188 g/mol. The van der Waals surface area contributed by atoms with Crippen molar-refractivity contribution in [2.45, 2.75) is 32.7 Å². The van der Waals surface area contributed by atoms with Crippen LogP contribution in [-0.4, -0.2) is 23.2 Å². The first kappa shape index (κ1) is 12.1. The second-order valence-corrected chi connectivity index (χ2v) is 3.83. The van der Waals surface area contributed by atoms with E-state index in [1.165, 1.54) is 11.1 Å². The molecule has 0 aliphatic heterocycles. The maximum atomic E-state index is 8.60. The van der Waals surface area contributed by atoms with Gasteiger partial charge in [0.2, 0.25) is 0 Å². The molecule has 0 bridgehead atoms. The molecule has 3 nitrogen and oxygen atoms in total. The molecule has 0 spiro atoms. The number of rotatable bonds is 7. The molecule has 0 aromatic carbocycles. The fourth-order valence-corrected chi connectivity index (χ4v) is 1.49. The smallest absolute Gasteiger partial charge is 0.0431 e. The van der Waals surface area contributed by atoms with E-state index >= 15 is 0 Å². The average Bonchev–Trinajstić information content (AvgIpc) is 2.23. The van der Waals surface area contributed by atoms with E-state index in [0.717, 1.165) is 32.4 Å². The minimum atomic E-state index is 0.307. The molecule has 3 heteroatoms. The zero-order valence-corrected chi connectivity index (χ0v) is 9.37. The van der Waals surface area contributed by atoms with Crippen molar-refractivity contribution in [2.75, 3.05) is 13.2 Å². The number of nitrogens with one attached hydrogen (secondary N) is 1. The largest absolute Gasteiger partial charge is 0.396 e. The number of aliphatic hydroxyl groups is 1. The summed E-state index contributed by atoms with van der Waals surface area (Å²) in [6.45, 7) is 4.25. The zero-order chi connectivity index (χ0) is 10.9. The van der Waals surface area contributed by atoms with Crippen molar-refractivity contribution >= 4 is 0 Å². The second kappa shape index (κ2) is 7.37. The summed E-state index contributed by atoms with van der Waals surface area (Å²) in [5.41, 5.74) is 2.44. The van der Waals surface area contributed by atoms with Crippen molar-refractivity contribution in [3.63, 3.8) is 0 Å². The Balaban J connectivity index is 2.10. The molecular formula is C12H20N2O. The summed E-state index contributed by atoms with van der Waals surface area (Å²) in [4.78, 5) is 4.14. The summed E-state index contributed by atoms with van der Waals surface area (Å²) < 4.78 is 0. The highest BCUT2D eigenvalue weighted by molar-refractivity contribution is 5.16. The van der Waals surface area contributed by atoms with Crippen LogP contribution in [0.1, 0.15) is 30.4 Å². The molecule has 15 heavy (non-hydrogen) atoms. The molecule has 2 N–H and O–H groups in total. The van der Waals surface area contributed by atoms with Gasteiger partial charge >= 0.3 is 0 Å². The first-order valence-corrected chi connectivity index (χ1v) is 5.55. The van der Waals surface area contributed by atoms with E-state index in [2.05, 4.69) is 23.3 Å². The van der Waals surface area contributed by atoms with Crippen LogP contribution in [-0.2, 0) is 6.54 Å². The van der Waals surface area contributed by atoms with Gasteiger partial charge in [0, 0.05) is 25.5 Å². The molecule has 0 saturated carbocycles. The maximum absolute atomic E-state index is 8.60. The number of nitrogens with zero attached hydrogens (tertiary/aromatic N) is 1. The highest BCUT2D eigenvalue weighted by atomic mass is 16.2. The number of aliphatic hydroxyl groups excluding tert-OH is 1. The first-order chi connectivity index (χ1) is 7.33. The van der Waals surface area contributed by atoms with Crippen molar-refractivity contribution in [2.24, 2.45) is 0 Å². The summed E-state index contributed by atoms with van der Waals surface area (Å²) in [7, 11) is 0. The summed E-state index contributed by atoms with van der Waals surface area (Å²) >= 11 is 0. The van der Waals surface area contributed by atoms with Crippen LogP contribution in [0.25, 0.3) is 0 Å². The molecule has 0 unspecified atom stereocenters. The SMILES string of the molecule is Cc1cncc(CNCCCCCO)c1. The van der Waals surface area contributed by atoms with Crippen LogP contribution in [0.2, 0.25) is 0 Å². The molecule has 0 atom stereocenters. The molecule has 0 saturated heterocycles. The normalized spacial score (nSPS) is 10.5. The second-order valence-electron chi connectivity index (χ2n) is 3.83. The fraction of sp³-hybridized carbons (Fsp3) is 0.583. The highest BCUT2D eigenvalue weighted by Gasteiger charge is 1.93. The molecule has 0 radical (unpaired) electrons. The van der Waals surface area contributed by atoms with Gasteiger partial charge < -0.3 is 10.4 Å². The standard InChI is InChI=1S/C12H20N2O/c1-11-7-12(10-14-8-11)9-13-5-3-2-4-6-15/h7-8,10,13,15H,2-6,9H2,1H3. The fourth-order valence-electron chi connectivity index (χ4n) is 1.49. The van der Waals surface area contributed by atoms with Gasteiger partial charge in [0.15, 0.2) is 0 Å². The maximum Gasteiger partial charge on any atom is 0.0431 e. The Morgan fingerprint density at radius 3 is 2.87 bits per heavy atom. The summed E-state index contributed by atoms with van der Waals surface area (Å²) in [5, 5.41) is 12.0. The van der Waals surface area contributed by atoms with Crippen molar-refractivity contribution in [3.8, 4) is 0 Å². The Morgan fingerprint density at radius 2 is 2.13 bits per heavy atom. The summed E-state index contributed by atoms with van der Waals surface area (Å²) in [6.07, 6.45) is 6.89. The van der Waals surface area contributed by atoms with Crippen LogP contribution in [0.5, 0.6) is 0 Å². The van der Waals surface area contributed by atoms with Crippen LogP contribution in [0.15, 0.2) is 18.5 Å². The molecule has 0 aliphatic rings. The quantitative estimate of drug-likeness (QED) is 0.670. The lowest BCUT2D eigenvalue weighted by Gasteiger charge is -2.04. The van der Waals surface area contributed by atoms with Gasteiger partial charge in [0.05, 0.1) is 0 Å². The highest BCUT2D eigenvalue weighted by Crippen LogP contribution is 2.00. The lowest BCUT2D eigenvalue weighted by atomic mass is 10.2. The lowest BCUT2D eigenvalue weighted by molar-refractivity contribution is 0.283. The number of aryl methyl sites for hydroxylation is 1. The van der Waals surface area contributed by atoms with Crippen molar-refractivity contribution < 1.29 is 5.11 Å². The number of hydrogen-bond donors (Lipinski definition) is 2. The molecule has 1 aromatic rings. The molecule has 1 rings (SSSR count). The van der Waals surface area contributed by atoms with E-state index in [1.54, 1.807) is 0 Å². The third-order valence-corrected chi connectivity index (χ3v) is 2.27. The van der Waals surface area contributed by atoms with E-state index in [4.69, 9.17) is 5.11 Å². The van der Waals surface area contributed by atoms with E-state index in [9.17, 15) is 0 Å². The van der Waals surface area contributed by atoms with Gasteiger partial charge in [-0.3, -0.25) is 4.98 Å². The van der Waals surface area contributed by atoms with Crippen LogP contribution >= 0.6 is 0 Å². The molecule has 84 valence electrons. The molecule has 0 amide bonds. The van der Waals surface area contributed by atoms with Crippen molar-refractivity contribution in [1.82, 2.24) is 10.3 Å². The van der Waals surface area contributed by atoms with Crippen LogP contribution in [0.3, 0.4) is 0 Å². The average molecular weight is 208 g/mol. The number of aromatic nitrogens is 1. The number of hydrogen-bond acceptors (Lipinski definition) is 3. The van der Waals surface area contributed by atoms with Crippen molar-refractivity contribution in [3.05, 3.63) is 29.6 Å². The predicted molar refractivity (Wildman–Crippen MR) is 61.6 cm³/mol. The minimum Gasteiger partial charge on any atom is -0.396 e. The van der Waals surface area contributed by atoms with Crippen LogP contribution in [0.4, 0.5) is 0 Å². The number of unbranched alkanes of at least 4 members (excludes halogenated alkanes) is 2.